The zero-order chi connectivity index (χ0) is 14.7. The van der Waals surface area contributed by atoms with Crippen molar-refractivity contribution >= 4 is 5.91 Å². The van der Waals surface area contributed by atoms with Gasteiger partial charge >= 0.3 is 0 Å². The lowest BCUT2D eigenvalue weighted by Gasteiger charge is -2.11. The number of nitrogens with one attached hydrogen (secondary N) is 1. The Bertz CT molecular complexity index is 612. The Morgan fingerprint density at radius 1 is 1.24 bits per heavy atom. The molecule has 1 aliphatic rings. The first-order valence-corrected chi connectivity index (χ1v) is 6.91. The standard InChI is InChI=1S/C17H17NO3/c1-20-14-8-6-12(7-9-14)11-18-17(19)16-10-13-4-2-3-5-15(13)21-16/h2-9,16H,10-11H2,1H3,(H,18,19)/t16-/m1/s1. The molecule has 4 heteroatoms. The van der Waals surface area contributed by atoms with Crippen LogP contribution >= 0.6 is 0 Å². The second-order valence-electron chi connectivity index (χ2n) is 4.98. The summed E-state index contributed by atoms with van der Waals surface area (Å²) < 4.78 is 10.8. The van der Waals surface area contributed by atoms with Crippen LogP contribution in [0.2, 0.25) is 0 Å². The van der Waals surface area contributed by atoms with Crippen molar-refractivity contribution in [2.24, 2.45) is 0 Å². The average molecular weight is 283 g/mol. The molecular formula is C17H17NO3. The predicted molar refractivity (Wildman–Crippen MR) is 79.4 cm³/mol. The van der Waals surface area contributed by atoms with Gasteiger partial charge in [0.1, 0.15) is 11.5 Å². The minimum Gasteiger partial charge on any atom is -0.497 e. The van der Waals surface area contributed by atoms with Gasteiger partial charge in [-0.3, -0.25) is 4.79 Å². The van der Waals surface area contributed by atoms with Gasteiger partial charge in [0.2, 0.25) is 0 Å². The van der Waals surface area contributed by atoms with Gasteiger partial charge in [0.15, 0.2) is 6.10 Å². The van der Waals surface area contributed by atoms with Crippen molar-refractivity contribution in [3.8, 4) is 11.5 Å². The lowest BCUT2D eigenvalue weighted by Crippen LogP contribution is -2.36. The molecule has 0 bridgehead atoms. The molecule has 0 fully saturated rings. The van der Waals surface area contributed by atoms with Crippen LogP contribution in [0.25, 0.3) is 0 Å². The van der Waals surface area contributed by atoms with Crippen LogP contribution in [0.5, 0.6) is 11.5 Å². The number of hydrogen-bond acceptors (Lipinski definition) is 3. The first-order valence-electron chi connectivity index (χ1n) is 6.91. The van der Waals surface area contributed by atoms with Crippen molar-refractivity contribution in [1.29, 1.82) is 0 Å². The Kier molecular flexibility index (Phi) is 3.77. The van der Waals surface area contributed by atoms with Crippen molar-refractivity contribution in [3.63, 3.8) is 0 Å². The predicted octanol–water partition coefficient (Wildman–Crippen LogP) is 2.32. The summed E-state index contributed by atoms with van der Waals surface area (Å²) in [5.41, 5.74) is 2.11. The SMILES string of the molecule is COc1ccc(CNC(=O)[C@H]2Cc3ccccc3O2)cc1. The number of ether oxygens (including phenoxy) is 2. The summed E-state index contributed by atoms with van der Waals surface area (Å²) in [6.45, 7) is 0.485. The maximum atomic E-state index is 12.1. The van der Waals surface area contributed by atoms with E-state index < -0.39 is 6.10 Å². The van der Waals surface area contributed by atoms with E-state index in [4.69, 9.17) is 9.47 Å². The normalized spacial score (nSPS) is 16.0. The van der Waals surface area contributed by atoms with E-state index in [9.17, 15) is 4.79 Å². The first-order chi connectivity index (χ1) is 10.3. The number of amides is 1. The monoisotopic (exact) mass is 283 g/mol. The molecule has 0 unspecified atom stereocenters. The minimum atomic E-state index is -0.430. The van der Waals surface area contributed by atoms with Gasteiger partial charge in [0, 0.05) is 13.0 Å². The largest absolute Gasteiger partial charge is 0.497 e. The van der Waals surface area contributed by atoms with Crippen LogP contribution in [-0.2, 0) is 17.8 Å². The third kappa shape index (κ3) is 2.99. The zero-order valence-electron chi connectivity index (χ0n) is 11.8. The van der Waals surface area contributed by atoms with Crippen LogP contribution < -0.4 is 14.8 Å². The van der Waals surface area contributed by atoms with Gasteiger partial charge in [0.25, 0.3) is 5.91 Å². The Balaban J connectivity index is 1.55. The van der Waals surface area contributed by atoms with E-state index in [0.717, 1.165) is 22.6 Å². The van der Waals surface area contributed by atoms with Gasteiger partial charge in [-0.05, 0) is 29.3 Å². The molecule has 1 N–H and O–H groups in total. The fourth-order valence-corrected chi connectivity index (χ4v) is 2.37. The smallest absolute Gasteiger partial charge is 0.261 e. The molecule has 108 valence electrons. The number of rotatable bonds is 4. The summed E-state index contributed by atoms with van der Waals surface area (Å²) in [6.07, 6.45) is 0.200. The lowest BCUT2D eigenvalue weighted by molar-refractivity contribution is -0.127. The zero-order valence-corrected chi connectivity index (χ0v) is 11.8. The van der Waals surface area contributed by atoms with Crippen molar-refractivity contribution < 1.29 is 14.3 Å². The molecule has 3 rings (SSSR count). The van der Waals surface area contributed by atoms with Crippen molar-refractivity contribution in [2.45, 2.75) is 19.1 Å². The molecule has 0 aliphatic carbocycles. The number of carbonyl (C=O) groups is 1. The highest BCUT2D eigenvalue weighted by Gasteiger charge is 2.28. The van der Waals surface area contributed by atoms with E-state index in [1.54, 1.807) is 7.11 Å². The Hall–Kier alpha value is -2.49. The summed E-state index contributed by atoms with van der Waals surface area (Å²) in [6, 6.07) is 15.4. The van der Waals surface area contributed by atoms with Crippen LogP contribution in [-0.4, -0.2) is 19.1 Å². The molecule has 1 aliphatic heterocycles. The molecule has 2 aromatic rings. The van der Waals surface area contributed by atoms with Crippen molar-refractivity contribution in [2.75, 3.05) is 7.11 Å². The molecule has 0 saturated heterocycles. The molecule has 1 amide bonds. The van der Waals surface area contributed by atoms with Crippen LogP contribution in [0, 0.1) is 0 Å². The summed E-state index contributed by atoms with van der Waals surface area (Å²) in [5.74, 6) is 1.53. The van der Waals surface area contributed by atoms with Crippen LogP contribution in [0.3, 0.4) is 0 Å². The molecule has 21 heavy (non-hydrogen) atoms. The third-order valence-electron chi connectivity index (χ3n) is 3.57. The van der Waals surface area contributed by atoms with Gasteiger partial charge in [-0.25, -0.2) is 0 Å². The molecule has 0 aromatic heterocycles. The molecule has 1 atom stereocenters. The number of methoxy groups -OCH3 is 1. The Morgan fingerprint density at radius 2 is 2.00 bits per heavy atom. The van der Waals surface area contributed by atoms with Crippen LogP contribution in [0.4, 0.5) is 0 Å². The van der Waals surface area contributed by atoms with E-state index in [0.29, 0.717) is 13.0 Å². The number of benzene rings is 2. The fraction of sp³-hybridized carbons (Fsp3) is 0.235. The summed E-state index contributed by atoms with van der Waals surface area (Å²) >= 11 is 0. The van der Waals surface area contributed by atoms with Gasteiger partial charge in [-0.2, -0.15) is 0 Å². The van der Waals surface area contributed by atoms with E-state index in [1.807, 2.05) is 48.5 Å². The maximum Gasteiger partial charge on any atom is 0.261 e. The summed E-state index contributed by atoms with van der Waals surface area (Å²) in [7, 11) is 1.63. The quantitative estimate of drug-likeness (QED) is 0.936. The number of fused-ring (bicyclic) bond motifs is 1. The molecule has 1 heterocycles. The number of carbonyl (C=O) groups excluding carboxylic acids is 1. The topological polar surface area (TPSA) is 47.6 Å². The molecule has 4 nitrogen and oxygen atoms in total. The number of para-hydroxylation sites is 1. The molecule has 0 radical (unpaired) electrons. The molecule has 2 aromatic carbocycles. The molecule has 0 spiro atoms. The average Bonchev–Trinajstić information content (AvgIpc) is 2.97. The van der Waals surface area contributed by atoms with Crippen LogP contribution in [0.15, 0.2) is 48.5 Å². The summed E-state index contributed by atoms with van der Waals surface area (Å²) in [4.78, 5) is 12.1. The second kappa shape index (κ2) is 5.87. The molecular weight excluding hydrogens is 266 g/mol. The Morgan fingerprint density at radius 3 is 2.71 bits per heavy atom. The molecule has 0 saturated carbocycles. The first kappa shape index (κ1) is 13.5. The van der Waals surface area contributed by atoms with E-state index >= 15 is 0 Å². The highest BCUT2D eigenvalue weighted by Crippen LogP contribution is 2.28. The van der Waals surface area contributed by atoms with Gasteiger partial charge < -0.3 is 14.8 Å². The Labute approximate surface area is 123 Å². The van der Waals surface area contributed by atoms with E-state index in [1.165, 1.54) is 0 Å². The fourth-order valence-electron chi connectivity index (χ4n) is 2.37. The van der Waals surface area contributed by atoms with Gasteiger partial charge in [-0.15, -0.1) is 0 Å². The minimum absolute atomic E-state index is 0.0815. The van der Waals surface area contributed by atoms with Gasteiger partial charge in [0.05, 0.1) is 7.11 Å². The lowest BCUT2D eigenvalue weighted by atomic mass is 10.1. The van der Waals surface area contributed by atoms with Crippen molar-refractivity contribution in [3.05, 3.63) is 59.7 Å². The van der Waals surface area contributed by atoms with Gasteiger partial charge in [-0.1, -0.05) is 30.3 Å². The second-order valence-corrected chi connectivity index (χ2v) is 4.98. The maximum absolute atomic E-state index is 12.1. The third-order valence-corrected chi connectivity index (χ3v) is 3.57. The van der Waals surface area contributed by atoms with E-state index in [-0.39, 0.29) is 5.91 Å². The summed E-state index contributed by atoms with van der Waals surface area (Å²) in [5, 5.41) is 2.91. The number of hydrogen-bond donors (Lipinski definition) is 1. The van der Waals surface area contributed by atoms with E-state index in [2.05, 4.69) is 5.32 Å². The highest BCUT2D eigenvalue weighted by molar-refractivity contribution is 5.82. The highest BCUT2D eigenvalue weighted by atomic mass is 16.5. The van der Waals surface area contributed by atoms with Crippen LogP contribution in [0.1, 0.15) is 11.1 Å². The van der Waals surface area contributed by atoms with Crippen molar-refractivity contribution in [1.82, 2.24) is 5.32 Å².